The summed E-state index contributed by atoms with van der Waals surface area (Å²) in [4.78, 5) is 50.5. The number of pyridine rings is 1. The Morgan fingerprint density at radius 3 is 1.91 bits per heavy atom. The van der Waals surface area contributed by atoms with Crippen molar-refractivity contribution < 1.29 is 68.9 Å². The van der Waals surface area contributed by atoms with Gasteiger partial charge in [0.25, 0.3) is 0 Å². The monoisotopic (exact) mass is 951 g/mol. The Bertz CT molecular complexity index is 3690. The lowest BCUT2D eigenvalue weighted by Crippen LogP contribution is -2.22. The summed E-state index contributed by atoms with van der Waals surface area (Å²) in [6.07, 6.45) is 2.28. The second kappa shape index (κ2) is 18.5. The number of para-hydroxylation sites is 2. The third-order valence-corrected chi connectivity index (χ3v) is 10.6. The number of phenolic OH excluding ortho intramolecular Hbond substituents is 1. The summed E-state index contributed by atoms with van der Waals surface area (Å²) in [5.74, 6) is -13.6. The summed E-state index contributed by atoms with van der Waals surface area (Å²) in [5, 5.41) is 12.8. The minimum absolute atomic E-state index is 0.0184. The molecule has 0 amide bonds. The van der Waals surface area contributed by atoms with E-state index >= 15 is 0 Å². The van der Waals surface area contributed by atoms with Crippen LogP contribution in [0.15, 0.2) is 117 Å². The van der Waals surface area contributed by atoms with Crippen molar-refractivity contribution in [1.82, 2.24) is 9.47 Å². The van der Waals surface area contributed by atoms with Gasteiger partial charge in [-0.05, 0) is 50.2 Å². The van der Waals surface area contributed by atoms with Gasteiger partial charge in [0.05, 0.1) is 35.5 Å². The Kier molecular flexibility index (Phi) is 12.5. The fourth-order valence-electron chi connectivity index (χ4n) is 7.49. The molecular weight excluding hydrogens is 917 g/mol. The van der Waals surface area contributed by atoms with E-state index in [0.29, 0.717) is 28.1 Å². The molecule has 9 aromatic rings. The van der Waals surface area contributed by atoms with Gasteiger partial charge in [0.15, 0.2) is 40.6 Å². The summed E-state index contributed by atoms with van der Waals surface area (Å²) in [6.45, 7) is 3.08. The predicted octanol–water partition coefficient (Wildman–Crippen LogP) is 10.8. The van der Waals surface area contributed by atoms with Crippen molar-refractivity contribution in [2.75, 3.05) is 33.0 Å². The van der Waals surface area contributed by atoms with Crippen molar-refractivity contribution in [3.05, 3.63) is 159 Å². The lowest BCUT2D eigenvalue weighted by Gasteiger charge is -2.24. The number of carbonyl (C=O) groups excluding carboxylic acids is 3. The number of nitrogens with two attached hydrogens (primary N) is 1. The molecule has 6 aromatic carbocycles. The number of ketones is 1. The third-order valence-electron chi connectivity index (χ3n) is 10.6. The van der Waals surface area contributed by atoms with Crippen LogP contribution in [0.5, 0.6) is 17.2 Å². The van der Waals surface area contributed by atoms with Gasteiger partial charge in [0, 0.05) is 60.2 Å². The van der Waals surface area contributed by atoms with E-state index in [0.717, 1.165) is 39.4 Å². The van der Waals surface area contributed by atoms with E-state index in [2.05, 4.69) is 4.74 Å². The molecule has 0 saturated carbocycles. The summed E-state index contributed by atoms with van der Waals surface area (Å²) in [6, 6.07) is 22.7. The quantitative estimate of drug-likeness (QED) is 0.0148. The van der Waals surface area contributed by atoms with E-state index in [1.54, 1.807) is 31.2 Å². The lowest BCUT2D eigenvalue weighted by molar-refractivity contribution is -0.138. The number of carbonyl (C=O) groups is 3. The summed E-state index contributed by atoms with van der Waals surface area (Å²) in [5.41, 5.74) is 6.23. The van der Waals surface area contributed by atoms with Gasteiger partial charge in [-0.3, -0.25) is 9.59 Å². The van der Waals surface area contributed by atoms with Crippen molar-refractivity contribution in [2.45, 2.75) is 13.8 Å². The number of hydrogen-bond acceptors (Lipinski definition) is 12. The molecule has 0 bridgehead atoms. The van der Waals surface area contributed by atoms with Crippen LogP contribution in [0, 0.1) is 34.9 Å². The predicted molar refractivity (Wildman–Crippen MR) is 242 cm³/mol. The number of nitrogens with zero attached hydrogens (tertiary/aromatic N) is 2. The number of furan rings is 2. The Hall–Kier alpha value is -8.74. The molecule has 13 nitrogen and oxygen atoms in total. The first-order chi connectivity index (χ1) is 32.9. The van der Waals surface area contributed by atoms with Crippen molar-refractivity contribution in [2.24, 2.45) is 0 Å². The first kappa shape index (κ1) is 46.8. The smallest absolute Gasteiger partial charge is 0.343 e. The lowest BCUT2D eigenvalue weighted by atomic mass is 10.0. The van der Waals surface area contributed by atoms with Crippen LogP contribution in [0.3, 0.4) is 0 Å². The largest absolute Gasteiger partial charge is 0.506 e. The van der Waals surface area contributed by atoms with Crippen molar-refractivity contribution in [3.63, 3.8) is 0 Å². The second-order valence-corrected chi connectivity index (χ2v) is 15.3. The molecule has 352 valence electrons. The zero-order valence-electron chi connectivity index (χ0n) is 36.5. The van der Waals surface area contributed by atoms with E-state index in [-0.39, 0.29) is 47.2 Å². The number of phenols is 1. The van der Waals surface area contributed by atoms with Crippen LogP contribution in [0.25, 0.3) is 60.5 Å². The van der Waals surface area contributed by atoms with Crippen LogP contribution in [-0.2, 0) is 14.3 Å². The maximum atomic E-state index is 14.7. The number of benzene rings is 6. The van der Waals surface area contributed by atoms with Crippen molar-refractivity contribution >= 4 is 78.2 Å². The molecule has 10 rings (SSSR count). The van der Waals surface area contributed by atoms with Gasteiger partial charge >= 0.3 is 11.9 Å². The molecule has 19 heteroatoms. The highest BCUT2D eigenvalue weighted by atomic mass is 19.2. The number of halogens is 6. The highest BCUT2D eigenvalue weighted by Gasteiger charge is 2.31. The Labute approximate surface area is 384 Å². The van der Waals surface area contributed by atoms with E-state index in [4.69, 9.17) is 24.0 Å². The van der Waals surface area contributed by atoms with Gasteiger partial charge in [0.1, 0.15) is 44.7 Å². The number of hydrogen-bond donors (Lipinski definition) is 2. The standard InChI is InChI=1S/C24H13F2NO5.C14H13F4NO3.C12H9NO2/c1-2-30-24(29)14-10-27-16-9-18-12(11-5-3-4-6-17(11)31-18)8-19(16)32-23-20(26)15(25)7-13(21(23)27)22(14)28;1-4-22-14(21)8(6-19(2)3)13(20)7-5-9(15)11(17)12(18)10(7)16;13-9-6-12-8(5-10(9)14)7-3-1-2-4-11(7)15-12/h3-10H,2H2,1H3;5-6H,4H2,1-3H3;1-6,14H,13H2/b;8-6-;. The molecule has 0 spiro atoms. The Morgan fingerprint density at radius 1 is 0.696 bits per heavy atom. The molecule has 4 heterocycles. The molecule has 0 atom stereocenters. The molecule has 3 aromatic heterocycles. The number of nitrogen functional groups attached to an aromatic ring is 1. The van der Waals surface area contributed by atoms with E-state index in [9.17, 15) is 50.6 Å². The normalized spacial score (nSPS) is 11.7. The molecule has 0 aliphatic carbocycles. The third kappa shape index (κ3) is 8.49. The first-order valence-corrected chi connectivity index (χ1v) is 20.6. The van der Waals surface area contributed by atoms with E-state index < -0.39 is 74.9 Å². The van der Waals surface area contributed by atoms with Crippen LogP contribution in [-0.4, -0.2) is 59.6 Å². The average Bonchev–Trinajstić information content (AvgIpc) is 3.87. The molecule has 0 fully saturated rings. The van der Waals surface area contributed by atoms with Gasteiger partial charge in [-0.2, -0.15) is 4.39 Å². The number of rotatable bonds is 7. The fourth-order valence-corrected chi connectivity index (χ4v) is 7.49. The second-order valence-electron chi connectivity index (χ2n) is 15.3. The molecular formula is C50H35F6N3O10. The number of ether oxygens (including phenoxy) is 3. The summed E-state index contributed by atoms with van der Waals surface area (Å²) < 4.78 is 110. The molecule has 0 saturated heterocycles. The molecule has 3 N–H and O–H groups in total. The van der Waals surface area contributed by atoms with Gasteiger partial charge in [0.2, 0.25) is 17.0 Å². The highest BCUT2D eigenvalue weighted by molar-refractivity contribution is 6.24. The zero-order chi connectivity index (χ0) is 49.6. The fraction of sp³-hybridized carbons (Fsp3) is 0.120. The van der Waals surface area contributed by atoms with Crippen LogP contribution >= 0.6 is 0 Å². The Morgan fingerprint density at radius 2 is 1.29 bits per heavy atom. The minimum Gasteiger partial charge on any atom is -0.506 e. The van der Waals surface area contributed by atoms with Crippen LogP contribution in [0.4, 0.5) is 32.0 Å². The van der Waals surface area contributed by atoms with Crippen LogP contribution in [0.1, 0.15) is 34.6 Å². The number of fused-ring (bicyclic) bond motifs is 8. The van der Waals surface area contributed by atoms with E-state index in [1.165, 1.54) is 36.7 Å². The molecule has 1 aliphatic rings. The van der Waals surface area contributed by atoms with Gasteiger partial charge < -0.3 is 43.4 Å². The van der Waals surface area contributed by atoms with Crippen molar-refractivity contribution in [3.8, 4) is 22.9 Å². The number of Topliss-reactive ketones (excluding diaryl/α,β-unsaturated/α-hetero) is 1. The molecule has 69 heavy (non-hydrogen) atoms. The van der Waals surface area contributed by atoms with Gasteiger partial charge in [-0.15, -0.1) is 0 Å². The average molecular weight is 952 g/mol. The van der Waals surface area contributed by atoms with Gasteiger partial charge in [-0.1, -0.05) is 36.4 Å². The topological polar surface area (TPSA) is 177 Å². The summed E-state index contributed by atoms with van der Waals surface area (Å²) in [7, 11) is 2.93. The number of aromatic nitrogens is 1. The van der Waals surface area contributed by atoms with Crippen LogP contribution < -0.4 is 15.9 Å². The maximum absolute atomic E-state index is 14.7. The van der Waals surface area contributed by atoms with E-state index in [1.807, 2.05) is 48.5 Å². The molecule has 0 unspecified atom stereocenters. The zero-order valence-corrected chi connectivity index (χ0v) is 36.5. The number of aromatic hydroxyl groups is 1. The minimum atomic E-state index is -2.13. The van der Waals surface area contributed by atoms with Crippen LogP contribution in [0.2, 0.25) is 0 Å². The summed E-state index contributed by atoms with van der Waals surface area (Å²) >= 11 is 0. The SMILES string of the molecule is CCOC(=O)/C(=C\N(C)C)C(=O)c1cc(F)c(F)c(F)c1F.CCOC(=O)c1cn2c3c(c(F)c(F)cc3c1=O)Oc1cc3c(cc1-2)oc1ccccc13.Nc1cc2oc3ccccc3c2cc1O. The number of anilines is 1. The molecule has 1 aliphatic heterocycles. The maximum Gasteiger partial charge on any atom is 0.343 e. The number of esters is 2. The highest BCUT2D eigenvalue weighted by Crippen LogP contribution is 2.45. The molecule has 0 radical (unpaired) electrons. The first-order valence-electron chi connectivity index (χ1n) is 20.6. The van der Waals surface area contributed by atoms with Crippen molar-refractivity contribution in [1.29, 1.82) is 0 Å². The van der Waals surface area contributed by atoms with Gasteiger partial charge in [-0.25, -0.2) is 31.5 Å². The Balaban J connectivity index is 0.000000151.